The van der Waals surface area contributed by atoms with E-state index in [2.05, 4.69) is 5.32 Å². The summed E-state index contributed by atoms with van der Waals surface area (Å²) in [5.74, 6) is -1.24. The number of carboxylic acid groups (broad SMARTS) is 1. The molecule has 1 fully saturated rings. The average Bonchev–Trinajstić information content (AvgIpc) is 2.69. The van der Waals surface area contributed by atoms with E-state index >= 15 is 0 Å². The minimum absolute atomic E-state index is 0.0662. The van der Waals surface area contributed by atoms with Crippen molar-refractivity contribution in [3.05, 3.63) is 29.8 Å². The Morgan fingerprint density at radius 2 is 1.93 bits per heavy atom. The van der Waals surface area contributed by atoms with Crippen molar-refractivity contribution in [1.29, 1.82) is 0 Å². The quantitative estimate of drug-likeness (QED) is 0.654. The number of rotatable bonds is 10. The van der Waals surface area contributed by atoms with Gasteiger partial charge in [0.2, 0.25) is 5.91 Å². The molecule has 6 heteroatoms. The lowest BCUT2D eigenvalue weighted by Gasteiger charge is -2.27. The topological polar surface area (TPSA) is 84.9 Å². The van der Waals surface area contributed by atoms with Gasteiger partial charge in [-0.15, -0.1) is 0 Å². The maximum Gasteiger partial charge on any atom is 0.308 e. The maximum absolute atomic E-state index is 12.5. The van der Waals surface area contributed by atoms with Crippen LogP contribution in [-0.4, -0.2) is 42.8 Å². The van der Waals surface area contributed by atoms with Crippen LogP contribution >= 0.6 is 0 Å². The number of carboxylic acids is 1. The molecule has 2 rings (SSSR count). The molecular formula is C21H31NO5. The van der Waals surface area contributed by atoms with Crippen molar-refractivity contribution < 1.29 is 24.2 Å². The van der Waals surface area contributed by atoms with Crippen LogP contribution in [0.15, 0.2) is 24.3 Å². The predicted octanol–water partition coefficient (Wildman–Crippen LogP) is 3.18. The Morgan fingerprint density at radius 3 is 2.56 bits per heavy atom. The molecule has 1 amide bonds. The van der Waals surface area contributed by atoms with Crippen molar-refractivity contribution in [2.75, 3.05) is 13.7 Å². The molecule has 0 saturated heterocycles. The molecular weight excluding hydrogens is 346 g/mol. The molecule has 6 nitrogen and oxygen atoms in total. The van der Waals surface area contributed by atoms with Crippen LogP contribution in [0.3, 0.4) is 0 Å². The highest BCUT2D eigenvalue weighted by molar-refractivity contribution is 5.81. The maximum atomic E-state index is 12.5. The van der Waals surface area contributed by atoms with Crippen molar-refractivity contribution in [2.24, 2.45) is 5.92 Å². The van der Waals surface area contributed by atoms with Crippen LogP contribution in [-0.2, 0) is 20.7 Å². The smallest absolute Gasteiger partial charge is 0.308 e. The van der Waals surface area contributed by atoms with E-state index in [1.807, 2.05) is 25.1 Å². The van der Waals surface area contributed by atoms with Gasteiger partial charge in [-0.25, -0.2) is 0 Å². The molecule has 0 radical (unpaired) electrons. The number of nitrogens with one attached hydrogen (secondary N) is 1. The summed E-state index contributed by atoms with van der Waals surface area (Å²) in [5.41, 5.74) is 0.812. The zero-order valence-corrected chi connectivity index (χ0v) is 16.3. The molecule has 0 aromatic heterocycles. The van der Waals surface area contributed by atoms with Gasteiger partial charge in [0.25, 0.3) is 0 Å². The van der Waals surface area contributed by atoms with E-state index in [4.69, 9.17) is 9.47 Å². The zero-order chi connectivity index (χ0) is 19.6. The van der Waals surface area contributed by atoms with E-state index in [1.165, 1.54) is 6.42 Å². The molecule has 1 aliphatic rings. The second-order valence-corrected chi connectivity index (χ2v) is 7.09. The van der Waals surface area contributed by atoms with Gasteiger partial charge in [0, 0.05) is 6.54 Å². The molecule has 0 spiro atoms. The fraction of sp³-hybridized carbons (Fsp3) is 0.619. The van der Waals surface area contributed by atoms with E-state index in [0.29, 0.717) is 18.6 Å². The Labute approximate surface area is 161 Å². The van der Waals surface area contributed by atoms with Crippen molar-refractivity contribution in [2.45, 2.75) is 64.1 Å². The van der Waals surface area contributed by atoms with E-state index in [-0.39, 0.29) is 18.6 Å². The second-order valence-electron chi connectivity index (χ2n) is 7.09. The molecule has 1 aromatic rings. The van der Waals surface area contributed by atoms with Gasteiger partial charge in [0.15, 0.2) is 0 Å². The monoisotopic (exact) mass is 377 g/mol. The average molecular weight is 377 g/mol. The number of carbonyl (C=O) groups is 2. The van der Waals surface area contributed by atoms with Gasteiger partial charge in [-0.1, -0.05) is 44.4 Å². The SMILES string of the molecule is CCC(OC1CCCCC1)C(=O)NCC(Cc1ccccc1OC)C(=O)O. The highest BCUT2D eigenvalue weighted by atomic mass is 16.5. The first-order valence-electron chi connectivity index (χ1n) is 9.83. The molecule has 0 bridgehead atoms. The third-order valence-electron chi connectivity index (χ3n) is 5.10. The molecule has 27 heavy (non-hydrogen) atoms. The summed E-state index contributed by atoms with van der Waals surface area (Å²) in [5, 5.41) is 12.3. The fourth-order valence-electron chi connectivity index (χ4n) is 3.50. The molecule has 0 aliphatic heterocycles. The van der Waals surface area contributed by atoms with E-state index in [0.717, 1.165) is 31.2 Å². The van der Waals surface area contributed by atoms with Crippen LogP contribution in [0.1, 0.15) is 51.0 Å². The highest BCUT2D eigenvalue weighted by Crippen LogP contribution is 2.23. The molecule has 1 aromatic carbocycles. The lowest BCUT2D eigenvalue weighted by Crippen LogP contribution is -2.42. The largest absolute Gasteiger partial charge is 0.496 e. The number of hydrogen-bond acceptors (Lipinski definition) is 4. The van der Waals surface area contributed by atoms with E-state index < -0.39 is 18.0 Å². The van der Waals surface area contributed by atoms with Crippen molar-refractivity contribution in [3.63, 3.8) is 0 Å². The Bertz CT molecular complexity index is 612. The molecule has 2 atom stereocenters. The summed E-state index contributed by atoms with van der Waals surface area (Å²) < 4.78 is 11.3. The number of aliphatic carboxylic acids is 1. The summed E-state index contributed by atoms with van der Waals surface area (Å²) in [6.07, 6.45) is 5.99. The summed E-state index contributed by atoms with van der Waals surface area (Å²) >= 11 is 0. The number of methoxy groups -OCH3 is 1. The van der Waals surface area contributed by atoms with Crippen LogP contribution < -0.4 is 10.1 Å². The summed E-state index contributed by atoms with van der Waals surface area (Å²) in [6, 6.07) is 7.34. The summed E-state index contributed by atoms with van der Waals surface area (Å²) in [6.45, 7) is 1.98. The minimum atomic E-state index is -0.942. The number of amides is 1. The normalized spacial score (nSPS) is 17.1. The molecule has 2 unspecified atom stereocenters. The van der Waals surface area contributed by atoms with Crippen LogP contribution in [0.25, 0.3) is 0 Å². The van der Waals surface area contributed by atoms with Gasteiger partial charge in [-0.2, -0.15) is 0 Å². The van der Waals surface area contributed by atoms with Crippen molar-refractivity contribution >= 4 is 11.9 Å². The predicted molar refractivity (Wildman–Crippen MR) is 103 cm³/mol. The third kappa shape index (κ3) is 6.54. The van der Waals surface area contributed by atoms with Crippen LogP contribution in [0.5, 0.6) is 5.75 Å². The van der Waals surface area contributed by atoms with Gasteiger partial charge in [-0.05, 0) is 37.3 Å². The lowest BCUT2D eigenvalue weighted by molar-refractivity contribution is -0.143. The Balaban J connectivity index is 1.91. The number of benzene rings is 1. The number of ether oxygens (including phenoxy) is 2. The molecule has 0 heterocycles. The lowest BCUT2D eigenvalue weighted by atomic mass is 9.97. The summed E-state index contributed by atoms with van der Waals surface area (Å²) in [4.78, 5) is 24.1. The standard InChI is InChI=1S/C21H31NO5/c1-3-18(27-17-10-5-4-6-11-17)20(23)22-14-16(21(24)25)13-15-9-7-8-12-19(15)26-2/h7-9,12,16-18H,3-6,10-11,13-14H2,1-2H3,(H,22,23)(H,24,25). The fourth-order valence-corrected chi connectivity index (χ4v) is 3.50. The first kappa shape index (κ1) is 21.2. The first-order valence-corrected chi connectivity index (χ1v) is 9.83. The highest BCUT2D eigenvalue weighted by Gasteiger charge is 2.26. The van der Waals surface area contributed by atoms with Crippen molar-refractivity contribution in [1.82, 2.24) is 5.32 Å². The van der Waals surface area contributed by atoms with Gasteiger partial charge in [-0.3, -0.25) is 9.59 Å². The van der Waals surface area contributed by atoms with Crippen LogP contribution in [0, 0.1) is 5.92 Å². The first-order chi connectivity index (χ1) is 13.0. The van der Waals surface area contributed by atoms with Crippen LogP contribution in [0.2, 0.25) is 0 Å². The third-order valence-corrected chi connectivity index (χ3v) is 5.10. The zero-order valence-electron chi connectivity index (χ0n) is 16.3. The molecule has 1 saturated carbocycles. The Morgan fingerprint density at radius 1 is 1.22 bits per heavy atom. The Kier molecular flexibility index (Phi) is 8.58. The number of carbonyl (C=O) groups excluding carboxylic acids is 1. The molecule has 2 N–H and O–H groups in total. The number of hydrogen-bond donors (Lipinski definition) is 2. The second kappa shape index (κ2) is 10.9. The van der Waals surface area contributed by atoms with Gasteiger partial charge in [0.1, 0.15) is 11.9 Å². The van der Waals surface area contributed by atoms with Crippen molar-refractivity contribution in [3.8, 4) is 5.75 Å². The van der Waals surface area contributed by atoms with Gasteiger partial charge >= 0.3 is 5.97 Å². The van der Waals surface area contributed by atoms with Gasteiger partial charge < -0.3 is 19.9 Å². The van der Waals surface area contributed by atoms with E-state index in [1.54, 1.807) is 13.2 Å². The van der Waals surface area contributed by atoms with E-state index in [9.17, 15) is 14.7 Å². The Hall–Kier alpha value is -2.08. The number of para-hydroxylation sites is 1. The van der Waals surface area contributed by atoms with Gasteiger partial charge in [0.05, 0.1) is 19.1 Å². The van der Waals surface area contributed by atoms with Crippen LogP contribution in [0.4, 0.5) is 0 Å². The minimum Gasteiger partial charge on any atom is -0.496 e. The summed E-state index contributed by atoms with van der Waals surface area (Å²) in [7, 11) is 1.56. The molecule has 150 valence electrons. The molecule has 1 aliphatic carbocycles.